The summed E-state index contributed by atoms with van der Waals surface area (Å²) in [6.07, 6.45) is -0.874. The molecule has 3 unspecified atom stereocenters. The Morgan fingerprint density at radius 1 is 1.04 bits per heavy atom. The number of benzene rings is 2. The van der Waals surface area contributed by atoms with E-state index in [-0.39, 0.29) is 18.4 Å². The van der Waals surface area contributed by atoms with Crippen LogP contribution in [0.4, 0.5) is 0 Å². The lowest BCUT2D eigenvalue weighted by Crippen LogP contribution is -2.39. The van der Waals surface area contributed by atoms with Gasteiger partial charge in [-0.15, -0.1) is 0 Å². The van der Waals surface area contributed by atoms with E-state index in [1.54, 1.807) is 19.2 Å². The Kier molecular flexibility index (Phi) is 9.15. The molecule has 27 heavy (non-hydrogen) atoms. The quantitative estimate of drug-likeness (QED) is 0.561. The van der Waals surface area contributed by atoms with Crippen LogP contribution < -0.4 is 5.32 Å². The molecule has 2 aromatic rings. The van der Waals surface area contributed by atoms with Crippen LogP contribution in [-0.2, 0) is 15.9 Å². The van der Waals surface area contributed by atoms with E-state index in [0.717, 1.165) is 5.56 Å². The van der Waals surface area contributed by atoms with Gasteiger partial charge in [0.2, 0.25) is 0 Å². The van der Waals surface area contributed by atoms with E-state index >= 15 is 0 Å². The summed E-state index contributed by atoms with van der Waals surface area (Å²) in [5, 5.41) is 13.4. The van der Waals surface area contributed by atoms with Gasteiger partial charge in [-0.05, 0) is 12.5 Å². The van der Waals surface area contributed by atoms with Gasteiger partial charge in [-0.3, -0.25) is 4.79 Å². The van der Waals surface area contributed by atoms with Crippen molar-refractivity contribution in [1.29, 1.82) is 0 Å². The number of ketones is 1. The minimum Gasteiger partial charge on any atom is -0.389 e. The molecular formula is C22H29NO4. The maximum atomic E-state index is 12.9. The second-order valence-electron chi connectivity index (χ2n) is 6.66. The van der Waals surface area contributed by atoms with Crippen molar-refractivity contribution in [2.75, 3.05) is 26.9 Å². The molecule has 0 amide bonds. The number of hydrogen-bond acceptors (Lipinski definition) is 5. The van der Waals surface area contributed by atoms with Crippen LogP contribution in [0.25, 0.3) is 0 Å². The number of aliphatic hydroxyl groups is 1. The van der Waals surface area contributed by atoms with Crippen LogP contribution in [0, 0.1) is 0 Å². The molecule has 5 nitrogen and oxygen atoms in total. The van der Waals surface area contributed by atoms with Gasteiger partial charge in [-0.2, -0.15) is 0 Å². The molecular weight excluding hydrogens is 342 g/mol. The van der Waals surface area contributed by atoms with Gasteiger partial charge in [0, 0.05) is 31.7 Å². The molecule has 2 rings (SSSR count). The van der Waals surface area contributed by atoms with Crippen molar-refractivity contribution in [1.82, 2.24) is 5.32 Å². The van der Waals surface area contributed by atoms with Gasteiger partial charge < -0.3 is 19.9 Å². The first kappa shape index (κ1) is 21.3. The van der Waals surface area contributed by atoms with E-state index in [1.807, 2.05) is 55.5 Å². The molecule has 0 aromatic heterocycles. The number of hydrogen-bond donors (Lipinski definition) is 2. The van der Waals surface area contributed by atoms with Crippen LogP contribution in [0.3, 0.4) is 0 Å². The Hall–Kier alpha value is -2.05. The van der Waals surface area contributed by atoms with Crippen LogP contribution in [0.2, 0.25) is 0 Å². The first-order valence-electron chi connectivity index (χ1n) is 9.25. The molecule has 0 aliphatic heterocycles. The molecule has 146 valence electrons. The predicted molar refractivity (Wildman–Crippen MR) is 106 cm³/mol. The van der Waals surface area contributed by atoms with Gasteiger partial charge in [-0.1, -0.05) is 60.7 Å². The Balaban J connectivity index is 1.96. The Morgan fingerprint density at radius 2 is 1.67 bits per heavy atom. The molecule has 0 saturated carbocycles. The first-order valence-corrected chi connectivity index (χ1v) is 9.25. The van der Waals surface area contributed by atoms with E-state index in [9.17, 15) is 9.90 Å². The van der Waals surface area contributed by atoms with E-state index in [1.165, 1.54) is 0 Å². The third-order valence-corrected chi connectivity index (χ3v) is 4.22. The average molecular weight is 371 g/mol. The lowest BCUT2D eigenvalue weighted by Gasteiger charge is -2.21. The van der Waals surface area contributed by atoms with Crippen LogP contribution >= 0.6 is 0 Å². The minimum atomic E-state index is -0.703. The molecule has 0 radical (unpaired) electrons. The fourth-order valence-electron chi connectivity index (χ4n) is 2.78. The molecule has 0 bridgehead atoms. The monoisotopic (exact) mass is 371 g/mol. The SMILES string of the molecule is COCC(C)NCC(O)COC(Cc1ccccc1)C(=O)c1ccccc1. The summed E-state index contributed by atoms with van der Waals surface area (Å²) < 4.78 is 10.9. The summed E-state index contributed by atoms with van der Waals surface area (Å²) in [5.74, 6) is -0.0765. The predicted octanol–water partition coefficient (Wildman–Crippen LogP) is 2.48. The summed E-state index contributed by atoms with van der Waals surface area (Å²) >= 11 is 0. The number of Topliss-reactive ketones (excluding diaryl/α,β-unsaturated/α-hetero) is 1. The van der Waals surface area contributed by atoms with Crippen molar-refractivity contribution in [3.8, 4) is 0 Å². The summed E-state index contributed by atoms with van der Waals surface area (Å²) in [5.41, 5.74) is 1.63. The van der Waals surface area contributed by atoms with Gasteiger partial charge >= 0.3 is 0 Å². The van der Waals surface area contributed by atoms with E-state index in [4.69, 9.17) is 9.47 Å². The van der Waals surface area contributed by atoms with E-state index in [2.05, 4.69) is 5.32 Å². The Morgan fingerprint density at radius 3 is 2.30 bits per heavy atom. The fraction of sp³-hybridized carbons (Fsp3) is 0.409. The summed E-state index contributed by atoms with van der Waals surface area (Å²) in [6.45, 7) is 3.01. The highest BCUT2D eigenvalue weighted by Gasteiger charge is 2.22. The highest BCUT2D eigenvalue weighted by atomic mass is 16.5. The third-order valence-electron chi connectivity index (χ3n) is 4.22. The van der Waals surface area contributed by atoms with Crippen molar-refractivity contribution in [3.05, 3.63) is 71.8 Å². The normalized spacial score (nSPS) is 14.5. The van der Waals surface area contributed by atoms with Crippen LogP contribution in [0.15, 0.2) is 60.7 Å². The standard InChI is InChI=1S/C22H29NO4/c1-17(15-26-2)23-14-20(24)16-27-21(13-18-9-5-3-6-10-18)22(25)19-11-7-4-8-12-19/h3-12,17,20-21,23-24H,13-16H2,1-2H3. The number of carbonyl (C=O) groups excluding carboxylic acids is 1. The lowest BCUT2D eigenvalue weighted by atomic mass is 10.00. The minimum absolute atomic E-state index is 0.0765. The zero-order valence-corrected chi connectivity index (χ0v) is 16.0. The number of nitrogens with one attached hydrogen (secondary N) is 1. The number of methoxy groups -OCH3 is 1. The zero-order chi connectivity index (χ0) is 19.5. The average Bonchev–Trinajstić information content (AvgIpc) is 2.70. The van der Waals surface area contributed by atoms with Gasteiger partial charge in [0.15, 0.2) is 5.78 Å². The van der Waals surface area contributed by atoms with Gasteiger partial charge in [0.05, 0.1) is 19.3 Å². The van der Waals surface area contributed by atoms with Crippen molar-refractivity contribution < 1.29 is 19.4 Å². The molecule has 2 N–H and O–H groups in total. The number of rotatable bonds is 12. The molecule has 2 aromatic carbocycles. The smallest absolute Gasteiger partial charge is 0.191 e. The van der Waals surface area contributed by atoms with E-state index in [0.29, 0.717) is 25.1 Å². The second kappa shape index (κ2) is 11.6. The Labute approximate surface area is 161 Å². The highest BCUT2D eigenvalue weighted by molar-refractivity contribution is 5.99. The van der Waals surface area contributed by atoms with Crippen molar-refractivity contribution >= 4 is 5.78 Å². The van der Waals surface area contributed by atoms with Crippen LogP contribution in [0.1, 0.15) is 22.8 Å². The fourth-order valence-corrected chi connectivity index (χ4v) is 2.78. The van der Waals surface area contributed by atoms with Gasteiger partial charge in [0.25, 0.3) is 0 Å². The largest absolute Gasteiger partial charge is 0.389 e. The third kappa shape index (κ3) is 7.61. The zero-order valence-electron chi connectivity index (χ0n) is 16.0. The summed E-state index contributed by atoms with van der Waals surface area (Å²) in [7, 11) is 1.64. The molecule has 3 atom stereocenters. The first-order chi connectivity index (χ1) is 13.1. The van der Waals surface area contributed by atoms with Crippen LogP contribution in [-0.4, -0.2) is 56.0 Å². The molecule has 0 aliphatic carbocycles. The number of ether oxygens (including phenoxy) is 2. The molecule has 0 spiro atoms. The van der Waals surface area contributed by atoms with Gasteiger partial charge in [-0.25, -0.2) is 0 Å². The molecule has 0 heterocycles. The van der Waals surface area contributed by atoms with Crippen molar-refractivity contribution in [2.24, 2.45) is 0 Å². The maximum absolute atomic E-state index is 12.9. The topological polar surface area (TPSA) is 67.8 Å². The lowest BCUT2D eigenvalue weighted by molar-refractivity contribution is -0.00297. The molecule has 5 heteroatoms. The van der Waals surface area contributed by atoms with Crippen LogP contribution in [0.5, 0.6) is 0 Å². The maximum Gasteiger partial charge on any atom is 0.191 e. The van der Waals surface area contributed by atoms with E-state index < -0.39 is 12.2 Å². The Bertz CT molecular complexity index is 663. The highest BCUT2D eigenvalue weighted by Crippen LogP contribution is 2.13. The number of aliphatic hydroxyl groups excluding tert-OH is 1. The summed E-state index contributed by atoms with van der Waals surface area (Å²) in [4.78, 5) is 12.9. The molecule has 0 saturated heterocycles. The summed E-state index contributed by atoms with van der Waals surface area (Å²) in [6, 6.07) is 19.0. The van der Waals surface area contributed by atoms with Gasteiger partial charge in [0.1, 0.15) is 6.10 Å². The van der Waals surface area contributed by atoms with Crippen molar-refractivity contribution in [2.45, 2.75) is 31.6 Å². The molecule has 0 fully saturated rings. The van der Waals surface area contributed by atoms with Crippen molar-refractivity contribution in [3.63, 3.8) is 0 Å². The number of carbonyl (C=O) groups is 1. The second-order valence-corrected chi connectivity index (χ2v) is 6.66. The molecule has 0 aliphatic rings.